The van der Waals surface area contributed by atoms with Crippen LogP contribution < -0.4 is 4.72 Å². The Balaban J connectivity index is 2.38. The monoisotopic (exact) mass is 213 g/mol. The highest BCUT2D eigenvalue weighted by molar-refractivity contribution is 14.1. The highest BCUT2D eigenvalue weighted by Crippen LogP contribution is 2.13. The Kier molecular flexibility index (Phi) is 1.79. The van der Waals surface area contributed by atoms with Crippen molar-refractivity contribution in [2.45, 2.75) is 4.05 Å². The van der Waals surface area contributed by atoms with Gasteiger partial charge in [-0.25, -0.2) is 4.72 Å². The van der Waals surface area contributed by atoms with Crippen LogP contribution >= 0.6 is 34.5 Å². The maximum atomic E-state index is 3.11. The van der Waals surface area contributed by atoms with Crippen molar-refractivity contribution >= 4 is 34.5 Å². The molecule has 6 heavy (non-hydrogen) atoms. The number of alkyl halides is 1. The highest BCUT2D eigenvalue weighted by Gasteiger charge is 1.99. The van der Waals surface area contributed by atoms with Gasteiger partial charge in [-0.15, -0.1) is 0 Å². The molecule has 1 rings (SSSR count). The second-order valence-corrected chi connectivity index (χ2v) is 3.05. The summed E-state index contributed by atoms with van der Waals surface area (Å²) in [6.45, 7) is 0. The average molecular weight is 213 g/mol. The van der Waals surface area contributed by atoms with Crippen LogP contribution in [0.3, 0.4) is 0 Å². The van der Waals surface area contributed by atoms with Gasteiger partial charge in [-0.05, 0) is 11.5 Å². The number of hydrogen-bond acceptors (Lipinski definition) is 2. The summed E-state index contributed by atoms with van der Waals surface area (Å²) in [5, 5.41) is 2.05. The van der Waals surface area contributed by atoms with Crippen LogP contribution in [0.4, 0.5) is 0 Å². The quantitative estimate of drug-likeness (QED) is 0.283. The fourth-order valence-electron chi connectivity index (χ4n) is 0.252. The SMILES string of the molecule is IC1C=CSN1. The van der Waals surface area contributed by atoms with E-state index in [0.29, 0.717) is 4.05 Å². The van der Waals surface area contributed by atoms with E-state index in [9.17, 15) is 0 Å². The predicted octanol–water partition coefficient (Wildman–Crippen LogP) is 1.51. The summed E-state index contributed by atoms with van der Waals surface area (Å²) in [7, 11) is 0. The average Bonchev–Trinajstić information content (AvgIpc) is 1.86. The van der Waals surface area contributed by atoms with Gasteiger partial charge >= 0.3 is 0 Å². The van der Waals surface area contributed by atoms with Crippen LogP contribution in [-0.4, -0.2) is 4.05 Å². The van der Waals surface area contributed by atoms with E-state index in [-0.39, 0.29) is 0 Å². The number of hydrogen-bond donors (Lipinski definition) is 1. The lowest BCUT2D eigenvalue weighted by atomic mass is 10.7. The van der Waals surface area contributed by atoms with Crippen LogP contribution in [0.25, 0.3) is 0 Å². The molecule has 1 aliphatic rings. The lowest BCUT2D eigenvalue weighted by molar-refractivity contribution is 1.12. The molecule has 1 aliphatic heterocycles. The van der Waals surface area contributed by atoms with E-state index in [0.717, 1.165) is 0 Å². The summed E-state index contributed by atoms with van der Waals surface area (Å²) in [5.74, 6) is 0. The Hall–Kier alpha value is 0.780. The molecule has 0 aromatic rings. The van der Waals surface area contributed by atoms with Gasteiger partial charge in [-0.3, -0.25) is 0 Å². The largest absolute Gasteiger partial charge is 0.244 e. The van der Waals surface area contributed by atoms with Gasteiger partial charge in [0.1, 0.15) is 0 Å². The Morgan fingerprint density at radius 2 is 2.67 bits per heavy atom. The van der Waals surface area contributed by atoms with E-state index in [4.69, 9.17) is 0 Å². The Morgan fingerprint density at radius 3 is 2.83 bits per heavy atom. The van der Waals surface area contributed by atoms with Crippen molar-refractivity contribution in [2.75, 3.05) is 0 Å². The second-order valence-electron chi connectivity index (χ2n) is 0.966. The molecule has 1 heterocycles. The van der Waals surface area contributed by atoms with Crippen molar-refractivity contribution in [3.63, 3.8) is 0 Å². The molecule has 0 fully saturated rings. The third-order valence-corrected chi connectivity index (χ3v) is 2.33. The minimum atomic E-state index is 0.549. The second kappa shape index (κ2) is 2.18. The molecule has 0 saturated carbocycles. The summed E-state index contributed by atoms with van der Waals surface area (Å²) >= 11 is 3.96. The van der Waals surface area contributed by atoms with Crippen LogP contribution in [0.1, 0.15) is 0 Å². The Bertz CT molecular complexity index is 73.2. The highest BCUT2D eigenvalue weighted by atomic mass is 127. The Morgan fingerprint density at radius 1 is 1.83 bits per heavy atom. The molecule has 1 N–H and O–H groups in total. The summed E-state index contributed by atoms with van der Waals surface area (Å²) in [6, 6.07) is 0. The normalized spacial score (nSPS) is 31.8. The summed E-state index contributed by atoms with van der Waals surface area (Å²) < 4.78 is 3.66. The first-order valence-electron chi connectivity index (χ1n) is 1.61. The summed E-state index contributed by atoms with van der Waals surface area (Å²) in [6.07, 6.45) is 2.12. The molecule has 0 radical (unpaired) electrons. The van der Waals surface area contributed by atoms with Crippen molar-refractivity contribution in [1.29, 1.82) is 0 Å². The topological polar surface area (TPSA) is 12.0 Å². The van der Waals surface area contributed by atoms with Crippen LogP contribution in [0.2, 0.25) is 0 Å². The fourth-order valence-corrected chi connectivity index (χ4v) is 1.70. The van der Waals surface area contributed by atoms with Gasteiger partial charge in [0, 0.05) is 0 Å². The lowest BCUT2D eigenvalue weighted by Gasteiger charge is -1.90. The van der Waals surface area contributed by atoms with Crippen LogP contribution in [0.5, 0.6) is 0 Å². The third-order valence-electron chi connectivity index (χ3n) is 0.496. The standard InChI is InChI=1S/C3H4INS/c4-3-1-2-6-5-3/h1-3,5H. The van der Waals surface area contributed by atoms with Gasteiger partial charge in [0.05, 0.1) is 4.05 Å². The van der Waals surface area contributed by atoms with E-state index >= 15 is 0 Å². The van der Waals surface area contributed by atoms with Crippen LogP contribution in [-0.2, 0) is 0 Å². The summed E-state index contributed by atoms with van der Waals surface area (Å²) in [5.41, 5.74) is 0. The molecular formula is C3H4INS. The number of nitrogens with one attached hydrogen (secondary N) is 1. The van der Waals surface area contributed by atoms with E-state index in [1.807, 2.05) is 0 Å². The molecule has 34 valence electrons. The van der Waals surface area contributed by atoms with Crippen molar-refractivity contribution in [1.82, 2.24) is 4.72 Å². The predicted molar refractivity (Wildman–Crippen MR) is 37.7 cm³/mol. The van der Waals surface area contributed by atoms with E-state index in [2.05, 4.69) is 38.8 Å². The van der Waals surface area contributed by atoms with Crippen molar-refractivity contribution in [3.05, 3.63) is 11.5 Å². The zero-order chi connectivity index (χ0) is 4.41. The first-order chi connectivity index (χ1) is 2.89. The lowest BCUT2D eigenvalue weighted by Crippen LogP contribution is -2.04. The zero-order valence-electron chi connectivity index (χ0n) is 3.02. The minimum absolute atomic E-state index is 0.549. The van der Waals surface area contributed by atoms with E-state index in [1.165, 1.54) is 0 Å². The number of halogens is 1. The summed E-state index contributed by atoms with van der Waals surface area (Å²) in [4.78, 5) is 0. The van der Waals surface area contributed by atoms with Crippen molar-refractivity contribution in [2.24, 2.45) is 0 Å². The van der Waals surface area contributed by atoms with Gasteiger partial charge in [0.15, 0.2) is 0 Å². The number of rotatable bonds is 0. The van der Waals surface area contributed by atoms with Gasteiger partial charge in [0.2, 0.25) is 0 Å². The third kappa shape index (κ3) is 1.13. The molecule has 0 aromatic carbocycles. The molecule has 1 nitrogen and oxygen atoms in total. The maximum Gasteiger partial charge on any atom is 0.0881 e. The molecular weight excluding hydrogens is 209 g/mol. The van der Waals surface area contributed by atoms with Crippen LogP contribution in [0, 0.1) is 0 Å². The fraction of sp³-hybridized carbons (Fsp3) is 0.333. The zero-order valence-corrected chi connectivity index (χ0v) is 5.99. The molecule has 0 bridgehead atoms. The van der Waals surface area contributed by atoms with Gasteiger partial charge < -0.3 is 0 Å². The molecule has 3 heteroatoms. The molecule has 1 unspecified atom stereocenters. The molecule has 0 amide bonds. The molecule has 0 spiro atoms. The molecule has 0 aliphatic carbocycles. The van der Waals surface area contributed by atoms with Crippen molar-refractivity contribution < 1.29 is 0 Å². The van der Waals surface area contributed by atoms with Gasteiger partial charge in [0.25, 0.3) is 0 Å². The first kappa shape index (κ1) is 4.93. The van der Waals surface area contributed by atoms with Crippen LogP contribution in [0.15, 0.2) is 11.5 Å². The van der Waals surface area contributed by atoms with Crippen molar-refractivity contribution in [3.8, 4) is 0 Å². The minimum Gasteiger partial charge on any atom is -0.244 e. The van der Waals surface area contributed by atoms with E-state index in [1.54, 1.807) is 11.9 Å². The molecule has 0 saturated heterocycles. The van der Waals surface area contributed by atoms with E-state index < -0.39 is 0 Å². The maximum absolute atomic E-state index is 3.11. The molecule has 0 aromatic heterocycles. The van der Waals surface area contributed by atoms with Gasteiger partial charge in [-0.2, -0.15) is 0 Å². The first-order valence-corrected chi connectivity index (χ1v) is 3.74. The molecule has 1 atom stereocenters. The van der Waals surface area contributed by atoms with Gasteiger partial charge in [-0.1, -0.05) is 34.5 Å². The smallest absolute Gasteiger partial charge is 0.0881 e. The Labute approximate surface area is 54.8 Å².